The van der Waals surface area contributed by atoms with Crippen LogP contribution in [0.5, 0.6) is 0 Å². The molecule has 0 radical (unpaired) electrons. The molecule has 24 heavy (non-hydrogen) atoms. The number of piperidine rings is 1. The van der Waals surface area contributed by atoms with Crippen molar-refractivity contribution < 1.29 is 9.72 Å². The lowest BCUT2D eigenvalue weighted by Crippen LogP contribution is -2.30. The highest BCUT2D eigenvalue weighted by atomic mass is 16.6. The van der Waals surface area contributed by atoms with Crippen LogP contribution in [0.15, 0.2) is 30.9 Å². The number of anilines is 2. The van der Waals surface area contributed by atoms with Crippen molar-refractivity contribution in [2.24, 2.45) is 0 Å². The minimum absolute atomic E-state index is 0.0469. The van der Waals surface area contributed by atoms with Gasteiger partial charge in [0.15, 0.2) is 0 Å². The van der Waals surface area contributed by atoms with Crippen LogP contribution in [0.1, 0.15) is 19.3 Å². The van der Waals surface area contributed by atoms with Gasteiger partial charge in [-0.2, -0.15) is 0 Å². The van der Waals surface area contributed by atoms with Gasteiger partial charge in [0.1, 0.15) is 18.6 Å². The molecule has 1 aliphatic heterocycles. The molecule has 0 atom stereocenters. The third-order valence-electron chi connectivity index (χ3n) is 3.84. The first-order valence-corrected chi connectivity index (χ1v) is 7.79. The minimum atomic E-state index is -0.600. The fraction of sp³-hybridized carbons (Fsp3) is 0.400. The van der Waals surface area contributed by atoms with Crippen LogP contribution in [0, 0.1) is 10.1 Å². The molecule has 9 heteroatoms. The number of carbonyl (C=O) groups is 1. The molecule has 0 bridgehead atoms. The topological polar surface area (TPSA) is 106 Å². The molecule has 3 rings (SSSR count). The summed E-state index contributed by atoms with van der Waals surface area (Å²) < 4.78 is 1.36. The summed E-state index contributed by atoms with van der Waals surface area (Å²) in [5.74, 6) is 0.336. The molecule has 0 aliphatic carbocycles. The molecule has 3 heterocycles. The zero-order chi connectivity index (χ0) is 16.9. The largest absolute Gasteiger partial charge is 0.381 e. The lowest BCUT2D eigenvalue weighted by atomic mass is 10.1. The maximum absolute atomic E-state index is 12.0. The maximum atomic E-state index is 12.0. The average molecular weight is 330 g/mol. The average Bonchev–Trinajstić information content (AvgIpc) is 3.05. The van der Waals surface area contributed by atoms with Crippen LogP contribution >= 0.6 is 0 Å². The molecule has 1 saturated heterocycles. The normalized spacial score (nSPS) is 14.4. The number of nitrogens with zero attached hydrogens (tertiary/aromatic N) is 5. The first kappa shape index (κ1) is 15.9. The van der Waals surface area contributed by atoms with Gasteiger partial charge in [0, 0.05) is 13.1 Å². The van der Waals surface area contributed by atoms with E-state index < -0.39 is 4.92 Å². The third kappa shape index (κ3) is 3.86. The number of hydrogen-bond donors (Lipinski definition) is 1. The van der Waals surface area contributed by atoms with Gasteiger partial charge in [-0.3, -0.25) is 4.79 Å². The second kappa shape index (κ2) is 7.07. The maximum Gasteiger partial charge on any atom is 0.381 e. The van der Waals surface area contributed by atoms with E-state index in [4.69, 9.17) is 0 Å². The van der Waals surface area contributed by atoms with Crippen molar-refractivity contribution in [1.82, 2.24) is 14.5 Å². The molecular formula is C15H18N6O3. The molecule has 1 N–H and O–H groups in total. The second-order valence-corrected chi connectivity index (χ2v) is 5.66. The van der Waals surface area contributed by atoms with Gasteiger partial charge in [-0.25, -0.2) is 4.98 Å². The third-order valence-corrected chi connectivity index (χ3v) is 3.84. The fourth-order valence-corrected chi connectivity index (χ4v) is 2.67. The highest BCUT2D eigenvalue weighted by molar-refractivity contribution is 5.90. The fourth-order valence-electron chi connectivity index (χ4n) is 2.67. The highest BCUT2D eigenvalue weighted by Crippen LogP contribution is 2.19. The SMILES string of the molecule is O=C(Cn1cnc([N+](=O)[O-])c1)Nc1ccc(N2CCCCC2)nc1. The number of imidazole rings is 1. The Morgan fingerprint density at radius 2 is 2.04 bits per heavy atom. The van der Waals surface area contributed by atoms with Crippen molar-refractivity contribution in [1.29, 1.82) is 0 Å². The predicted molar refractivity (Wildman–Crippen MR) is 87.8 cm³/mol. The molecule has 2 aromatic rings. The lowest BCUT2D eigenvalue weighted by molar-refractivity contribution is -0.389. The van der Waals surface area contributed by atoms with Crippen LogP contribution in [0.3, 0.4) is 0 Å². The van der Waals surface area contributed by atoms with Crippen molar-refractivity contribution >= 4 is 23.2 Å². The number of pyridine rings is 1. The van der Waals surface area contributed by atoms with E-state index in [1.165, 1.54) is 36.4 Å². The predicted octanol–water partition coefficient (Wildman–Crippen LogP) is 1.82. The Bertz CT molecular complexity index is 721. The number of aromatic nitrogens is 3. The van der Waals surface area contributed by atoms with E-state index in [0.29, 0.717) is 5.69 Å². The van der Waals surface area contributed by atoms with Crippen LogP contribution in [-0.4, -0.2) is 38.5 Å². The van der Waals surface area contributed by atoms with E-state index in [9.17, 15) is 14.9 Å². The summed E-state index contributed by atoms with van der Waals surface area (Å²) in [4.78, 5) is 32.2. The number of nitrogens with one attached hydrogen (secondary N) is 1. The molecule has 126 valence electrons. The Hall–Kier alpha value is -2.97. The summed E-state index contributed by atoms with van der Waals surface area (Å²) in [6, 6.07) is 3.70. The van der Waals surface area contributed by atoms with E-state index in [2.05, 4.69) is 20.2 Å². The number of hydrogen-bond acceptors (Lipinski definition) is 6. The van der Waals surface area contributed by atoms with Gasteiger partial charge >= 0.3 is 5.82 Å². The van der Waals surface area contributed by atoms with Crippen molar-refractivity contribution in [3.8, 4) is 0 Å². The first-order valence-electron chi connectivity index (χ1n) is 7.79. The van der Waals surface area contributed by atoms with E-state index in [1.807, 2.05) is 12.1 Å². The molecule has 1 aliphatic rings. The standard InChI is InChI=1S/C15H18N6O3/c22-15(10-19-9-14(17-11-19)21(23)24)18-12-4-5-13(16-8-12)20-6-2-1-3-7-20/h4-5,8-9,11H,1-3,6-7,10H2,(H,18,22). The summed E-state index contributed by atoms with van der Waals surface area (Å²) in [6.45, 7) is 1.98. The summed E-state index contributed by atoms with van der Waals surface area (Å²) in [6.07, 6.45) is 7.72. The highest BCUT2D eigenvalue weighted by Gasteiger charge is 2.14. The Balaban J connectivity index is 1.56. The van der Waals surface area contributed by atoms with Gasteiger partial charge in [-0.1, -0.05) is 0 Å². The van der Waals surface area contributed by atoms with Crippen LogP contribution in [0.2, 0.25) is 0 Å². The van der Waals surface area contributed by atoms with E-state index in [-0.39, 0.29) is 18.3 Å². The zero-order valence-electron chi connectivity index (χ0n) is 13.1. The van der Waals surface area contributed by atoms with Gasteiger partial charge in [0.25, 0.3) is 0 Å². The van der Waals surface area contributed by atoms with Crippen molar-refractivity contribution in [2.45, 2.75) is 25.8 Å². The molecule has 9 nitrogen and oxygen atoms in total. The van der Waals surface area contributed by atoms with Crippen molar-refractivity contribution in [3.05, 3.63) is 41.0 Å². The first-order chi connectivity index (χ1) is 11.6. The Kier molecular flexibility index (Phi) is 4.69. The summed E-state index contributed by atoms with van der Waals surface area (Å²) in [5, 5.41) is 13.3. The zero-order valence-corrected chi connectivity index (χ0v) is 13.1. The Morgan fingerprint density at radius 3 is 2.67 bits per heavy atom. The molecule has 2 aromatic heterocycles. The number of amides is 1. The van der Waals surface area contributed by atoms with E-state index in [0.717, 1.165) is 18.9 Å². The van der Waals surface area contributed by atoms with E-state index in [1.54, 1.807) is 6.20 Å². The molecule has 0 unspecified atom stereocenters. The Morgan fingerprint density at radius 1 is 1.25 bits per heavy atom. The molecule has 0 aromatic carbocycles. The smallest absolute Gasteiger partial charge is 0.358 e. The number of nitro groups is 1. The van der Waals surface area contributed by atoms with Crippen molar-refractivity contribution in [3.63, 3.8) is 0 Å². The van der Waals surface area contributed by atoms with Crippen molar-refractivity contribution in [2.75, 3.05) is 23.3 Å². The molecular weight excluding hydrogens is 312 g/mol. The summed E-state index contributed by atoms with van der Waals surface area (Å²) in [7, 11) is 0. The van der Waals surface area contributed by atoms with Gasteiger partial charge in [-0.05, 0) is 41.3 Å². The van der Waals surface area contributed by atoms with Crippen LogP contribution in [0.25, 0.3) is 0 Å². The van der Waals surface area contributed by atoms with Gasteiger partial charge in [-0.15, -0.1) is 0 Å². The lowest BCUT2D eigenvalue weighted by Gasteiger charge is -2.27. The quantitative estimate of drug-likeness (QED) is 0.662. The Labute approximate surface area is 138 Å². The number of carbonyl (C=O) groups excluding carboxylic acids is 1. The molecule has 0 spiro atoms. The summed E-state index contributed by atoms with van der Waals surface area (Å²) >= 11 is 0. The van der Waals surface area contributed by atoms with Gasteiger partial charge in [0.05, 0.1) is 11.9 Å². The monoisotopic (exact) mass is 330 g/mol. The number of rotatable bonds is 5. The minimum Gasteiger partial charge on any atom is -0.358 e. The molecule has 1 amide bonds. The van der Waals surface area contributed by atoms with Crippen LogP contribution in [-0.2, 0) is 11.3 Å². The van der Waals surface area contributed by atoms with Crippen LogP contribution < -0.4 is 10.2 Å². The molecule has 0 saturated carbocycles. The molecule has 1 fully saturated rings. The van der Waals surface area contributed by atoms with E-state index >= 15 is 0 Å². The van der Waals surface area contributed by atoms with Gasteiger partial charge < -0.3 is 24.9 Å². The second-order valence-electron chi connectivity index (χ2n) is 5.66. The summed E-state index contributed by atoms with van der Waals surface area (Å²) in [5.41, 5.74) is 0.593. The van der Waals surface area contributed by atoms with Gasteiger partial charge in [0.2, 0.25) is 12.2 Å². The van der Waals surface area contributed by atoms with Crippen LogP contribution in [0.4, 0.5) is 17.3 Å².